The zero-order valence-electron chi connectivity index (χ0n) is 5.64. The number of rotatable bonds is 2. The molecule has 1 aromatic rings. The van der Waals surface area contributed by atoms with Gasteiger partial charge in [0.15, 0.2) is 0 Å². The third-order valence-electron chi connectivity index (χ3n) is 1.24. The summed E-state index contributed by atoms with van der Waals surface area (Å²) in [6, 6.07) is 0. The Kier molecular flexibility index (Phi) is 1.67. The van der Waals surface area contributed by atoms with Gasteiger partial charge in [0.1, 0.15) is 6.20 Å². The highest BCUT2D eigenvalue weighted by Crippen LogP contribution is 2.09. The Morgan fingerprint density at radius 2 is 2.45 bits per heavy atom. The van der Waals surface area contributed by atoms with Crippen LogP contribution in [0.2, 0.25) is 0 Å². The van der Waals surface area contributed by atoms with Crippen molar-refractivity contribution in [2.45, 2.75) is 0 Å². The lowest BCUT2D eigenvalue weighted by molar-refractivity contribution is -0.391. The normalized spacial score (nSPS) is 9.55. The first-order valence-electron chi connectivity index (χ1n) is 2.71. The Morgan fingerprint density at radius 3 is 2.73 bits per heavy atom. The van der Waals surface area contributed by atoms with E-state index < -0.39 is 4.92 Å². The molecule has 0 spiro atoms. The van der Waals surface area contributed by atoms with Gasteiger partial charge in [-0.15, -0.1) is 0 Å². The van der Waals surface area contributed by atoms with Gasteiger partial charge >= 0.3 is 5.82 Å². The van der Waals surface area contributed by atoms with Crippen molar-refractivity contribution >= 4 is 12.1 Å². The van der Waals surface area contributed by atoms with Crippen LogP contribution in [-0.2, 0) is 11.8 Å². The number of hydrogen-bond donors (Lipinski definition) is 0. The lowest BCUT2D eigenvalue weighted by Crippen LogP contribution is -2.00. The molecular weight excluding hydrogens is 150 g/mol. The molecule has 0 aliphatic rings. The van der Waals surface area contributed by atoms with Crippen LogP contribution in [0.25, 0.3) is 0 Å². The van der Waals surface area contributed by atoms with Gasteiger partial charge in [0.25, 0.3) is 12.1 Å². The van der Waals surface area contributed by atoms with Crippen molar-refractivity contribution in [3.8, 4) is 0 Å². The van der Waals surface area contributed by atoms with Crippen LogP contribution in [0.1, 0.15) is 5.82 Å². The van der Waals surface area contributed by atoms with Gasteiger partial charge in [-0.3, -0.25) is 4.79 Å². The topological polar surface area (TPSA) is 78.0 Å². The summed E-state index contributed by atoms with van der Waals surface area (Å²) >= 11 is 0. The van der Waals surface area contributed by atoms with Crippen molar-refractivity contribution in [1.29, 1.82) is 0 Å². The van der Waals surface area contributed by atoms with Gasteiger partial charge in [-0.05, 0) is 4.92 Å². The third-order valence-corrected chi connectivity index (χ3v) is 1.24. The second-order valence-electron chi connectivity index (χ2n) is 1.86. The molecule has 1 rings (SSSR count). The van der Waals surface area contributed by atoms with E-state index in [9.17, 15) is 14.9 Å². The lowest BCUT2D eigenvalue weighted by Gasteiger charge is -1.91. The second kappa shape index (κ2) is 2.49. The highest BCUT2D eigenvalue weighted by atomic mass is 16.6. The van der Waals surface area contributed by atoms with Crippen molar-refractivity contribution in [2.24, 2.45) is 7.05 Å². The largest absolute Gasteiger partial charge is 0.358 e. The molecule has 0 atom stereocenters. The Labute approximate surface area is 61.6 Å². The molecule has 0 amide bonds. The van der Waals surface area contributed by atoms with E-state index in [2.05, 4.69) is 4.98 Å². The molecule has 0 aliphatic heterocycles. The van der Waals surface area contributed by atoms with Gasteiger partial charge in [0, 0.05) is 0 Å². The number of nitro groups is 1. The molecule has 11 heavy (non-hydrogen) atoms. The summed E-state index contributed by atoms with van der Waals surface area (Å²) in [5.41, 5.74) is 0. The summed E-state index contributed by atoms with van der Waals surface area (Å²) in [6.45, 7) is 0. The fourth-order valence-corrected chi connectivity index (χ4v) is 0.665. The summed E-state index contributed by atoms with van der Waals surface area (Å²) in [7, 11) is 1.38. The maximum absolute atomic E-state index is 10.2. The predicted octanol–water partition coefficient (Wildman–Crippen LogP) is -0.214. The molecule has 0 aliphatic carbocycles. The van der Waals surface area contributed by atoms with Gasteiger partial charge in [0.05, 0.1) is 7.05 Å². The molecular formula is C5H4N3O3. The molecule has 6 nitrogen and oxygen atoms in total. The molecule has 0 saturated heterocycles. The number of carbonyl (C=O) groups excluding carboxylic acids is 1. The van der Waals surface area contributed by atoms with Crippen molar-refractivity contribution in [3.05, 3.63) is 22.1 Å². The van der Waals surface area contributed by atoms with Crippen LogP contribution in [0.5, 0.6) is 0 Å². The molecule has 6 heteroatoms. The minimum atomic E-state index is -0.617. The Balaban J connectivity index is 3.20. The van der Waals surface area contributed by atoms with E-state index in [0.717, 1.165) is 10.8 Å². The van der Waals surface area contributed by atoms with Crippen molar-refractivity contribution in [3.63, 3.8) is 0 Å². The predicted molar refractivity (Wildman–Crippen MR) is 34.7 cm³/mol. The molecule has 1 heterocycles. The van der Waals surface area contributed by atoms with Crippen LogP contribution in [0, 0.1) is 10.1 Å². The minimum absolute atomic E-state index is 0.0725. The first kappa shape index (κ1) is 7.39. The van der Waals surface area contributed by atoms with Crippen LogP contribution < -0.4 is 0 Å². The van der Waals surface area contributed by atoms with Crippen molar-refractivity contribution in [2.75, 3.05) is 0 Å². The van der Waals surface area contributed by atoms with Gasteiger partial charge in [-0.25, -0.2) is 9.55 Å². The maximum atomic E-state index is 10.2. The molecule has 0 aromatic carbocycles. The average molecular weight is 154 g/mol. The number of hydrogen-bond acceptors (Lipinski definition) is 4. The zero-order chi connectivity index (χ0) is 8.43. The van der Waals surface area contributed by atoms with E-state index in [1.165, 1.54) is 13.3 Å². The molecule has 1 aromatic heterocycles. The second-order valence-corrected chi connectivity index (χ2v) is 1.86. The van der Waals surface area contributed by atoms with Crippen LogP contribution >= 0.6 is 0 Å². The quantitative estimate of drug-likeness (QED) is 0.436. The van der Waals surface area contributed by atoms with Crippen LogP contribution in [0.4, 0.5) is 5.82 Å². The molecule has 0 bridgehead atoms. The van der Waals surface area contributed by atoms with E-state index in [0.29, 0.717) is 0 Å². The minimum Gasteiger partial charge on any atom is -0.358 e. The fraction of sp³-hybridized carbons (Fsp3) is 0.200. The molecule has 0 fully saturated rings. The van der Waals surface area contributed by atoms with Gasteiger partial charge in [0.2, 0.25) is 0 Å². The summed E-state index contributed by atoms with van der Waals surface area (Å²) < 4.78 is 1.06. The summed E-state index contributed by atoms with van der Waals surface area (Å²) in [5.74, 6) is -0.292. The monoisotopic (exact) mass is 154 g/mol. The highest BCUT2D eigenvalue weighted by molar-refractivity contribution is 5.70. The first-order chi connectivity index (χ1) is 5.16. The zero-order valence-corrected chi connectivity index (χ0v) is 5.64. The first-order valence-corrected chi connectivity index (χ1v) is 2.71. The van der Waals surface area contributed by atoms with E-state index in [-0.39, 0.29) is 11.6 Å². The SMILES string of the molecule is Cn1c([N+](=O)[O-])cnc1[C]=O. The summed E-state index contributed by atoms with van der Waals surface area (Å²) in [4.78, 5) is 23.0. The Hall–Kier alpha value is -1.72. The van der Waals surface area contributed by atoms with Gasteiger partial charge < -0.3 is 10.1 Å². The smallest absolute Gasteiger partial charge is 0.343 e. The molecule has 0 unspecified atom stereocenters. The summed E-state index contributed by atoms with van der Waals surface area (Å²) in [5, 5.41) is 10.2. The average Bonchev–Trinajstić information content (AvgIpc) is 2.30. The van der Waals surface area contributed by atoms with E-state index in [1.54, 1.807) is 0 Å². The number of aromatic nitrogens is 2. The number of nitrogens with zero attached hydrogens (tertiary/aromatic N) is 3. The van der Waals surface area contributed by atoms with E-state index >= 15 is 0 Å². The Morgan fingerprint density at radius 1 is 1.82 bits per heavy atom. The van der Waals surface area contributed by atoms with Gasteiger partial charge in [-0.2, -0.15) is 0 Å². The molecule has 1 radical (unpaired) electrons. The summed E-state index contributed by atoms with van der Waals surface area (Å²) in [6.07, 6.45) is 2.48. The van der Waals surface area contributed by atoms with Gasteiger partial charge in [-0.1, -0.05) is 0 Å². The molecule has 0 saturated carbocycles. The maximum Gasteiger partial charge on any atom is 0.343 e. The third kappa shape index (κ3) is 1.09. The standard InChI is InChI=1S/C5H4N3O3/c1-7-4(3-9)6-2-5(7)8(10)11/h2H,1H3. The molecule has 57 valence electrons. The molecule has 0 N–H and O–H groups in total. The lowest BCUT2D eigenvalue weighted by atomic mass is 10.7. The van der Waals surface area contributed by atoms with Crippen LogP contribution in [0.15, 0.2) is 6.20 Å². The number of imidazole rings is 1. The fourth-order valence-electron chi connectivity index (χ4n) is 0.665. The highest BCUT2D eigenvalue weighted by Gasteiger charge is 2.15. The van der Waals surface area contributed by atoms with Crippen LogP contribution in [-0.4, -0.2) is 20.8 Å². The Bertz CT molecular complexity index is 304. The van der Waals surface area contributed by atoms with E-state index in [1.807, 2.05) is 0 Å². The van der Waals surface area contributed by atoms with Crippen molar-refractivity contribution in [1.82, 2.24) is 9.55 Å². The van der Waals surface area contributed by atoms with Crippen molar-refractivity contribution < 1.29 is 9.72 Å². The van der Waals surface area contributed by atoms with E-state index in [4.69, 9.17) is 0 Å². The van der Waals surface area contributed by atoms with Crippen LogP contribution in [0.3, 0.4) is 0 Å².